The van der Waals surface area contributed by atoms with Crippen LogP contribution in [0.4, 0.5) is 0 Å². The van der Waals surface area contributed by atoms with Gasteiger partial charge in [0.2, 0.25) is 11.7 Å². The minimum atomic E-state index is -0.614. The number of nitriles is 1. The van der Waals surface area contributed by atoms with Crippen LogP contribution in [-0.2, 0) is 0 Å². The van der Waals surface area contributed by atoms with Gasteiger partial charge in [-0.2, -0.15) is 5.26 Å². The molecule has 0 fully saturated rings. The number of aromatic nitrogens is 1. The summed E-state index contributed by atoms with van der Waals surface area (Å²) in [6.45, 7) is 10.6. The van der Waals surface area contributed by atoms with Crippen molar-refractivity contribution in [3.8, 4) is 11.9 Å². The van der Waals surface area contributed by atoms with Gasteiger partial charge >= 0.3 is 0 Å². The summed E-state index contributed by atoms with van der Waals surface area (Å²) in [5.74, 6) is -0.902. The van der Waals surface area contributed by atoms with Crippen molar-refractivity contribution in [2.75, 3.05) is 0 Å². The van der Waals surface area contributed by atoms with Gasteiger partial charge in [0.25, 0.3) is 5.56 Å². The van der Waals surface area contributed by atoms with E-state index in [1.54, 1.807) is 20.8 Å². The zero-order valence-corrected chi connectivity index (χ0v) is 16.8. The molecule has 1 N–H and O–H groups in total. The number of hydrogen-bond donors (Lipinski definition) is 1. The van der Waals surface area contributed by atoms with E-state index in [1.165, 1.54) is 6.92 Å². The summed E-state index contributed by atoms with van der Waals surface area (Å²) in [6.07, 6.45) is 0. The summed E-state index contributed by atoms with van der Waals surface area (Å²) in [5, 5.41) is 21.0. The molecule has 3 aromatic rings. The molecular formula is C22H22N2O4. The van der Waals surface area contributed by atoms with Crippen LogP contribution in [-0.4, -0.2) is 15.5 Å². The SMILES string of the molecule is Cc1cc(C)c2c(C)c(C(=O)c3c(C)c(C#N)c(=O)n(C(C)C)c3O)oc2c1. The molecule has 0 atom stereocenters. The van der Waals surface area contributed by atoms with Crippen molar-refractivity contribution in [1.29, 1.82) is 5.26 Å². The lowest BCUT2D eigenvalue weighted by Crippen LogP contribution is -2.28. The molecule has 1 aromatic carbocycles. The predicted octanol–water partition coefficient (Wildman–Crippen LogP) is 4.22. The van der Waals surface area contributed by atoms with E-state index < -0.39 is 23.3 Å². The highest BCUT2D eigenvalue weighted by atomic mass is 16.3. The zero-order chi connectivity index (χ0) is 20.9. The second-order valence-corrected chi connectivity index (χ2v) is 7.42. The number of rotatable bonds is 3. The molecule has 2 heterocycles. The maximum absolute atomic E-state index is 13.4. The maximum Gasteiger partial charge on any atom is 0.271 e. The smallest absolute Gasteiger partial charge is 0.271 e. The number of hydrogen-bond acceptors (Lipinski definition) is 5. The van der Waals surface area contributed by atoms with Crippen molar-refractivity contribution in [2.24, 2.45) is 0 Å². The predicted molar refractivity (Wildman–Crippen MR) is 106 cm³/mol. The molecule has 0 unspecified atom stereocenters. The van der Waals surface area contributed by atoms with Crippen molar-refractivity contribution >= 4 is 16.8 Å². The molecule has 144 valence electrons. The largest absolute Gasteiger partial charge is 0.494 e. The Bertz CT molecular complexity index is 1240. The molecule has 6 nitrogen and oxygen atoms in total. The monoisotopic (exact) mass is 378 g/mol. The summed E-state index contributed by atoms with van der Waals surface area (Å²) in [7, 11) is 0. The van der Waals surface area contributed by atoms with E-state index in [9.17, 15) is 20.0 Å². The highest BCUT2D eigenvalue weighted by molar-refractivity contribution is 6.13. The van der Waals surface area contributed by atoms with Crippen molar-refractivity contribution in [3.05, 3.63) is 61.6 Å². The third kappa shape index (κ3) is 2.71. The van der Waals surface area contributed by atoms with Crippen LogP contribution in [0.2, 0.25) is 0 Å². The number of nitrogens with zero attached hydrogens (tertiary/aromatic N) is 2. The number of aromatic hydroxyl groups is 1. The van der Waals surface area contributed by atoms with E-state index in [0.29, 0.717) is 11.1 Å². The quantitative estimate of drug-likeness (QED) is 0.689. The summed E-state index contributed by atoms with van der Waals surface area (Å²) in [5.41, 5.74) is 2.55. The minimum Gasteiger partial charge on any atom is -0.494 e. The Morgan fingerprint density at radius 2 is 1.82 bits per heavy atom. The first-order valence-corrected chi connectivity index (χ1v) is 9.03. The maximum atomic E-state index is 13.4. The average molecular weight is 378 g/mol. The molecule has 0 aliphatic heterocycles. The summed E-state index contributed by atoms with van der Waals surface area (Å²) < 4.78 is 6.92. The van der Waals surface area contributed by atoms with Gasteiger partial charge in [-0.05, 0) is 64.3 Å². The lowest BCUT2D eigenvalue weighted by molar-refractivity contribution is 0.100. The molecule has 28 heavy (non-hydrogen) atoms. The molecule has 0 aliphatic carbocycles. The van der Waals surface area contributed by atoms with Crippen LogP contribution in [0.5, 0.6) is 5.88 Å². The number of furan rings is 1. The third-order valence-corrected chi connectivity index (χ3v) is 5.07. The van der Waals surface area contributed by atoms with Crippen LogP contribution in [0, 0.1) is 39.0 Å². The normalized spacial score (nSPS) is 11.2. The zero-order valence-electron chi connectivity index (χ0n) is 16.8. The van der Waals surface area contributed by atoms with E-state index in [1.807, 2.05) is 32.0 Å². The number of benzene rings is 1. The van der Waals surface area contributed by atoms with E-state index >= 15 is 0 Å². The van der Waals surface area contributed by atoms with Gasteiger partial charge < -0.3 is 9.52 Å². The second kappa shape index (κ2) is 6.68. The highest BCUT2D eigenvalue weighted by Crippen LogP contribution is 2.33. The average Bonchev–Trinajstić information content (AvgIpc) is 2.91. The first kappa shape index (κ1) is 19.4. The van der Waals surface area contributed by atoms with Gasteiger partial charge in [0.1, 0.15) is 17.2 Å². The van der Waals surface area contributed by atoms with E-state index in [4.69, 9.17) is 4.42 Å². The molecule has 0 radical (unpaired) electrons. The van der Waals surface area contributed by atoms with Crippen molar-refractivity contribution in [1.82, 2.24) is 4.57 Å². The molecule has 0 aliphatic rings. The Morgan fingerprint density at radius 1 is 1.18 bits per heavy atom. The van der Waals surface area contributed by atoms with Crippen molar-refractivity contribution in [2.45, 2.75) is 47.6 Å². The second-order valence-electron chi connectivity index (χ2n) is 7.42. The van der Waals surface area contributed by atoms with Crippen molar-refractivity contribution < 1.29 is 14.3 Å². The molecule has 0 amide bonds. The van der Waals surface area contributed by atoms with Gasteiger partial charge in [-0.15, -0.1) is 0 Å². The van der Waals surface area contributed by atoms with Gasteiger partial charge in [-0.3, -0.25) is 14.2 Å². The number of aryl methyl sites for hydroxylation is 3. The van der Waals surface area contributed by atoms with Gasteiger partial charge in [-0.1, -0.05) is 6.07 Å². The van der Waals surface area contributed by atoms with E-state index in [-0.39, 0.29) is 22.5 Å². The molecule has 0 saturated carbocycles. The first-order valence-electron chi connectivity index (χ1n) is 9.03. The number of ketones is 1. The van der Waals surface area contributed by atoms with Crippen LogP contribution < -0.4 is 5.56 Å². The highest BCUT2D eigenvalue weighted by Gasteiger charge is 2.29. The molecule has 0 bridgehead atoms. The summed E-state index contributed by atoms with van der Waals surface area (Å²) in [4.78, 5) is 25.9. The third-order valence-electron chi connectivity index (χ3n) is 5.07. The van der Waals surface area contributed by atoms with Gasteiger partial charge in [0, 0.05) is 17.0 Å². The van der Waals surface area contributed by atoms with Crippen molar-refractivity contribution in [3.63, 3.8) is 0 Å². The van der Waals surface area contributed by atoms with Gasteiger partial charge in [0.15, 0.2) is 5.76 Å². The molecule has 2 aromatic heterocycles. The standard InChI is InChI=1S/C22H22N2O4/c1-10(2)24-21(26)15(9-23)13(5)18(22(24)27)19(25)20-14(6)17-12(4)7-11(3)8-16(17)28-20/h7-8,10,27H,1-6H3. The van der Waals surface area contributed by atoms with Crippen LogP contribution in [0.15, 0.2) is 21.3 Å². The Labute approximate surface area is 162 Å². The molecule has 3 rings (SSSR count). The van der Waals surface area contributed by atoms with Crippen LogP contribution >= 0.6 is 0 Å². The van der Waals surface area contributed by atoms with Crippen LogP contribution in [0.25, 0.3) is 11.0 Å². The first-order chi connectivity index (χ1) is 13.1. The van der Waals surface area contributed by atoms with Gasteiger partial charge in [-0.25, -0.2) is 0 Å². The topological polar surface area (TPSA) is 96.2 Å². The van der Waals surface area contributed by atoms with E-state index in [2.05, 4.69) is 0 Å². The fourth-order valence-corrected chi connectivity index (χ4v) is 3.79. The minimum absolute atomic E-state index is 0.0821. The summed E-state index contributed by atoms with van der Waals surface area (Å²) in [6, 6.07) is 5.30. The fraction of sp³-hybridized carbons (Fsp3) is 0.318. The van der Waals surface area contributed by atoms with E-state index in [0.717, 1.165) is 21.1 Å². The molecule has 0 saturated heterocycles. The Balaban J connectivity index is 2.36. The number of pyridine rings is 1. The lowest BCUT2D eigenvalue weighted by Gasteiger charge is -2.17. The number of carbonyl (C=O) groups excluding carboxylic acids is 1. The molecule has 6 heteroatoms. The Hall–Kier alpha value is -3.33. The number of carbonyl (C=O) groups is 1. The van der Waals surface area contributed by atoms with Crippen LogP contribution in [0.1, 0.15) is 63.8 Å². The summed E-state index contributed by atoms with van der Waals surface area (Å²) >= 11 is 0. The molecule has 0 spiro atoms. The molecular weight excluding hydrogens is 356 g/mol. The Morgan fingerprint density at radius 3 is 2.39 bits per heavy atom. The number of fused-ring (bicyclic) bond motifs is 1. The van der Waals surface area contributed by atoms with Gasteiger partial charge in [0.05, 0.1) is 5.56 Å². The Kier molecular flexibility index (Phi) is 4.64. The lowest BCUT2D eigenvalue weighted by atomic mass is 9.97. The fourth-order valence-electron chi connectivity index (χ4n) is 3.79. The van der Waals surface area contributed by atoms with Crippen LogP contribution in [0.3, 0.4) is 0 Å².